The van der Waals surface area contributed by atoms with Gasteiger partial charge in [0.15, 0.2) is 0 Å². The third-order valence-corrected chi connectivity index (χ3v) is 1.48. The fourth-order valence-electron chi connectivity index (χ4n) is 0.955. The first kappa shape index (κ1) is 6.15. The van der Waals surface area contributed by atoms with E-state index in [2.05, 4.69) is 15.2 Å². The zero-order valence-corrected chi connectivity index (χ0v) is 5.94. The van der Waals surface area contributed by atoms with E-state index in [1.807, 2.05) is 17.0 Å². The summed E-state index contributed by atoms with van der Waals surface area (Å²) in [5.74, 6) is 0. The van der Waals surface area contributed by atoms with Crippen molar-refractivity contribution in [2.75, 3.05) is 0 Å². The van der Waals surface area contributed by atoms with Crippen LogP contribution in [0, 0.1) is 0 Å². The summed E-state index contributed by atoms with van der Waals surface area (Å²) in [6.45, 7) is 0.830. The van der Waals surface area contributed by atoms with Gasteiger partial charge in [0.2, 0.25) is 0 Å². The number of nitrogens with one attached hydrogen (secondary N) is 1. The zero-order chi connectivity index (χ0) is 7.52. The molecule has 2 aromatic rings. The van der Waals surface area contributed by atoms with Gasteiger partial charge in [-0.05, 0) is 0 Å². The molecule has 0 aliphatic rings. The van der Waals surface area contributed by atoms with Crippen LogP contribution in [0.4, 0.5) is 0 Å². The average molecular weight is 148 g/mol. The van der Waals surface area contributed by atoms with E-state index in [9.17, 15) is 0 Å². The number of hydrogen-bond donors (Lipinski definition) is 1. The summed E-state index contributed by atoms with van der Waals surface area (Å²) in [5.41, 5.74) is 1.16. The number of rotatable bonds is 2. The Morgan fingerprint density at radius 2 is 2.55 bits per heavy atom. The molecule has 2 rings (SSSR count). The normalized spacial score (nSPS) is 10.2. The van der Waals surface area contributed by atoms with E-state index in [0.717, 1.165) is 12.1 Å². The van der Waals surface area contributed by atoms with Crippen LogP contribution in [0.2, 0.25) is 0 Å². The molecule has 0 unspecified atom stereocenters. The molecule has 1 N–H and O–H groups in total. The molecule has 11 heavy (non-hydrogen) atoms. The quantitative estimate of drug-likeness (QED) is 0.679. The van der Waals surface area contributed by atoms with E-state index in [0.29, 0.717) is 0 Å². The number of aromatic nitrogens is 4. The molecule has 2 heterocycles. The first-order valence-electron chi connectivity index (χ1n) is 3.38. The van der Waals surface area contributed by atoms with Crippen molar-refractivity contribution in [1.29, 1.82) is 0 Å². The number of imidazole rings is 1. The molecule has 0 spiro atoms. The molecule has 4 nitrogen and oxygen atoms in total. The van der Waals surface area contributed by atoms with Crippen LogP contribution in [-0.2, 0) is 6.54 Å². The highest BCUT2D eigenvalue weighted by Gasteiger charge is 1.93. The molecule has 0 aromatic carbocycles. The van der Waals surface area contributed by atoms with Crippen molar-refractivity contribution >= 4 is 0 Å². The second-order valence-corrected chi connectivity index (χ2v) is 2.34. The minimum Gasteiger partial charge on any atom is -0.333 e. The summed E-state index contributed by atoms with van der Waals surface area (Å²) in [6, 6.07) is 0. The Morgan fingerprint density at radius 1 is 1.55 bits per heavy atom. The minimum atomic E-state index is 0.830. The molecule has 56 valence electrons. The van der Waals surface area contributed by atoms with Crippen molar-refractivity contribution in [3.8, 4) is 0 Å². The van der Waals surface area contributed by atoms with Crippen LogP contribution in [-0.4, -0.2) is 19.7 Å². The third kappa shape index (κ3) is 1.29. The van der Waals surface area contributed by atoms with E-state index >= 15 is 0 Å². The van der Waals surface area contributed by atoms with Gasteiger partial charge < -0.3 is 4.57 Å². The number of aromatic amines is 1. The van der Waals surface area contributed by atoms with Crippen molar-refractivity contribution in [1.82, 2.24) is 19.7 Å². The maximum absolute atomic E-state index is 3.94. The van der Waals surface area contributed by atoms with Crippen molar-refractivity contribution in [3.63, 3.8) is 0 Å². The maximum atomic E-state index is 3.94. The Kier molecular flexibility index (Phi) is 1.44. The lowest BCUT2D eigenvalue weighted by Crippen LogP contribution is -1.93. The molecule has 0 aliphatic heterocycles. The summed E-state index contributed by atoms with van der Waals surface area (Å²) >= 11 is 0. The molecule has 0 saturated carbocycles. The summed E-state index contributed by atoms with van der Waals surface area (Å²) < 4.78 is 1.99. The van der Waals surface area contributed by atoms with Crippen LogP contribution < -0.4 is 0 Å². The van der Waals surface area contributed by atoms with Crippen LogP contribution >= 0.6 is 0 Å². The Bertz CT molecular complexity index is 263. The monoisotopic (exact) mass is 148 g/mol. The second kappa shape index (κ2) is 2.57. The fourth-order valence-corrected chi connectivity index (χ4v) is 0.955. The van der Waals surface area contributed by atoms with E-state index in [4.69, 9.17) is 0 Å². The topological polar surface area (TPSA) is 46.5 Å². The van der Waals surface area contributed by atoms with Crippen molar-refractivity contribution in [3.05, 3.63) is 36.7 Å². The van der Waals surface area contributed by atoms with Crippen LogP contribution in [0.15, 0.2) is 31.1 Å². The first-order chi connectivity index (χ1) is 5.45. The van der Waals surface area contributed by atoms with Gasteiger partial charge in [-0.3, -0.25) is 5.10 Å². The van der Waals surface area contributed by atoms with Gasteiger partial charge in [0, 0.05) is 24.2 Å². The lowest BCUT2D eigenvalue weighted by molar-refractivity contribution is 0.798. The molecule has 2 aromatic heterocycles. The summed E-state index contributed by atoms with van der Waals surface area (Å²) in [5, 5.41) is 6.60. The van der Waals surface area contributed by atoms with Gasteiger partial charge >= 0.3 is 0 Å². The van der Waals surface area contributed by atoms with Crippen LogP contribution in [0.25, 0.3) is 0 Å². The maximum Gasteiger partial charge on any atom is 0.0949 e. The van der Waals surface area contributed by atoms with Gasteiger partial charge in [-0.2, -0.15) is 5.10 Å². The highest BCUT2D eigenvalue weighted by atomic mass is 15.1. The van der Waals surface area contributed by atoms with Gasteiger partial charge in [-0.1, -0.05) is 0 Å². The molecular weight excluding hydrogens is 140 g/mol. The summed E-state index contributed by atoms with van der Waals surface area (Å²) in [6.07, 6.45) is 9.15. The largest absolute Gasteiger partial charge is 0.333 e. The molecule has 0 aliphatic carbocycles. The Labute approximate surface area is 63.9 Å². The Hall–Kier alpha value is -1.58. The second-order valence-electron chi connectivity index (χ2n) is 2.34. The highest BCUT2D eigenvalue weighted by molar-refractivity contribution is 5.03. The molecule has 0 bridgehead atoms. The molecule has 0 saturated heterocycles. The van der Waals surface area contributed by atoms with Gasteiger partial charge in [0.25, 0.3) is 0 Å². The molecule has 0 radical (unpaired) electrons. The van der Waals surface area contributed by atoms with Crippen molar-refractivity contribution in [2.24, 2.45) is 0 Å². The van der Waals surface area contributed by atoms with E-state index in [1.165, 1.54) is 0 Å². The van der Waals surface area contributed by atoms with E-state index < -0.39 is 0 Å². The van der Waals surface area contributed by atoms with E-state index in [1.54, 1.807) is 18.7 Å². The summed E-state index contributed by atoms with van der Waals surface area (Å²) in [4.78, 5) is 3.94. The van der Waals surface area contributed by atoms with Crippen LogP contribution in [0.5, 0.6) is 0 Å². The molecule has 0 amide bonds. The fraction of sp³-hybridized carbons (Fsp3) is 0.143. The van der Waals surface area contributed by atoms with Gasteiger partial charge in [-0.25, -0.2) is 4.98 Å². The Balaban J connectivity index is 2.14. The standard InChI is InChI=1S/C7H8N4/c1-2-11(6-8-1)5-7-3-9-10-4-7/h1-4,6H,5H2,(H,9,10). The zero-order valence-electron chi connectivity index (χ0n) is 5.94. The lowest BCUT2D eigenvalue weighted by Gasteiger charge is -1.95. The minimum absolute atomic E-state index is 0.830. The Morgan fingerprint density at radius 3 is 3.18 bits per heavy atom. The molecule has 0 fully saturated rings. The first-order valence-corrected chi connectivity index (χ1v) is 3.38. The van der Waals surface area contributed by atoms with Crippen LogP contribution in [0.1, 0.15) is 5.56 Å². The van der Waals surface area contributed by atoms with Gasteiger partial charge in [0.05, 0.1) is 19.1 Å². The molecule has 4 heteroatoms. The molecular formula is C7H8N4. The van der Waals surface area contributed by atoms with Crippen molar-refractivity contribution < 1.29 is 0 Å². The van der Waals surface area contributed by atoms with Gasteiger partial charge in [-0.15, -0.1) is 0 Å². The highest BCUT2D eigenvalue weighted by Crippen LogP contribution is 1.97. The van der Waals surface area contributed by atoms with Gasteiger partial charge in [0.1, 0.15) is 0 Å². The predicted octanol–water partition coefficient (Wildman–Crippen LogP) is 0.654. The lowest BCUT2D eigenvalue weighted by atomic mass is 10.4. The SMILES string of the molecule is c1cn(Cc2cn[nH]c2)cn1. The smallest absolute Gasteiger partial charge is 0.0949 e. The predicted molar refractivity (Wildman–Crippen MR) is 39.9 cm³/mol. The van der Waals surface area contributed by atoms with Crippen LogP contribution in [0.3, 0.4) is 0 Å². The average Bonchev–Trinajstić information content (AvgIpc) is 2.60. The summed E-state index contributed by atoms with van der Waals surface area (Å²) in [7, 11) is 0. The van der Waals surface area contributed by atoms with Crippen molar-refractivity contribution in [2.45, 2.75) is 6.54 Å². The number of H-pyrrole nitrogens is 1. The van der Waals surface area contributed by atoms with E-state index in [-0.39, 0.29) is 0 Å². The number of nitrogens with zero attached hydrogens (tertiary/aromatic N) is 3. The molecule has 0 atom stereocenters. The third-order valence-electron chi connectivity index (χ3n) is 1.48. The number of hydrogen-bond acceptors (Lipinski definition) is 2.